The first-order valence-electron chi connectivity index (χ1n) is 9.83. The summed E-state index contributed by atoms with van der Waals surface area (Å²) < 4.78 is 36.4. The van der Waals surface area contributed by atoms with Crippen molar-refractivity contribution < 1.29 is 26.6 Å². The van der Waals surface area contributed by atoms with Crippen LogP contribution in [0, 0.1) is 5.92 Å². The number of hydrogen-bond donors (Lipinski definition) is 1. The summed E-state index contributed by atoms with van der Waals surface area (Å²) >= 11 is 0. The number of ether oxygens (including phenoxy) is 1. The van der Waals surface area contributed by atoms with Crippen LogP contribution in [0.2, 0.25) is 0 Å². The molecular formula is C18H36O6S. The summed E-state index contributed by atoms with van der Waals surface area (Å²) in [6, 6.07) is 0. The van der Waals surface area contributed by atoms with Crippen molar-refractivity contribution in [2.24, 2.45) is 5.92 Å². The molecular weight excluding hydrogens is 344 g/mol. The van der Waals surface area contributed by atoms with Gasteiger partial charge >= 0.3 is 16.4 Å². The van der Waals surface area contributed by atoms with Gasteiger partial charge < -0.3 is 9.84 Å². The van der Waals surface area contributed by atoms with E-state index in [9.17, 15) is 13.5 Å². The maximum Gasteiger partial charge on any atom is 0.409 e. The van der Waals surface area contributed by atoms with Crippen molar-refractivity contribution >= 4 is 10.4 Å². The lowest BCUT2D eigenvalue weighted by Gasteiger charge is -2.39. The lowest BCUT2D eigenvalue weighted by Crippen LogP contribution is -2.59. The normalized spacial score (nSPS) is 20.8. The molecule has 1 fully saturated rings. The highest BCUT2D eigenvalue weighted by Gasteiger charge is 2.57. The molecule has 7 heteroatoms. The van der Waals surface area contributed by atoms with Gasteiger partial charge in [-0.2, -0.15) is 16.8 Å². The molecule has 6 nitrogen and oxygen atoms in total. The summed E-state index contributed by atoms with van der Waals surface area (Å²) in [6.07, 6.45) is 12.1. The van der Waals surface area contributed by atoms with Crippen LogP contribution in [0.15, 0.2) is 0 Å². The van der Waals surface area contributed by atoms with Gasteiger partial charge in [0, 0.05) is 6.61 Å². The summed E-state index contributed by atoms with van der Waals surface area (Å²) in [5.74, 6) is -1.67. The SMILES string of the molecule is CCCCCCCCCCC(C)CCC(OCC)C1(O)OS(=O)(=O)O1. The van der Waals surface area contributed by atoms with Crippen LogP contribution < -0.4 is 0 Å². The summed E-state index contributed by atoms with van der Waals surface area (Å²) in [5.41, 5.74) is 0. The molecule has 0 aliphatic carbocycles. The van der Waals surface area contributed by atoms with Crippen LogP contribution in [0.3, 0.4) is 0 Å². The molecule has 0 spiro atoms. The minimum Gasteiger partial charge on any atom is -0.370 e. The van der Waals surface area contributed by atoms with E-state index in [-0.39, 0.29) is 0 Å². The molecule has 1 aliphatic heterocycles. The van der Waals surface area contributed by atoms with Gasteiger partial charge in [-0.3, -0.25) is 0 Å². The fourth-order valence-corrected chi connectivity index (χ4v) is 4.00. The monoisotopic (exact) mass is 380 g/mol. The minimum atomic E-state index is -4.05. The first-order chi connectivity index (χ1) is 11.8. The Morgan fingerprint density at radius 1 is 0.920 bits per heavy atom. The Morgan fingerprint density at radius 3 is 2.00 bits per heavy atom. The molecule has 2 atom stereocenters. The molecule has 0 amide bonds. The van der Waals surface area contributed by atoms with Crippen LogP contribution in [0.1, 0.15) is 91.4 Å². The van der Waals surface area contributed by atoms with E-state index in [1.807, 2.05) is 0 Å². The maximum absolute atomic E-state index is 11.0. The Bertz CT molecular complexity index is 438. The quantitative estimate of drug-likeness (QED) is 0.427. The predicted molar refractivity (Wildman–Crippen MR) is 97.1 cm³/mol. The molecule has 0 saturated carbocycles. The standard InChI is InChI=1S/C18H36O6S/c1-4-6-7-8-9-10-11-12-13-16(3)14-15-17(22-5-2)18(19)23-25(20,21)24-18/h16-17,19H,4-15H2,1-3H3. The first-order valence-corrected chi connectivity index (χ1v) is 11.2. The third kappa shape index (κ3) is 8.82. The lowest BCUT2D eigenvalue weighted by atomic mass is 9.95. The van der Waals surface area contributed by atoms with E-state index in [1.54, 1.807) is 6.92 Å². The third-order valence-electron chi connectivity index (χ3n) is 4.69. The Balaban J connectivity index is 2.15. The molecule has 0 bridgehead atoms. The van der Waals surface area contributed by atoms with Crippen LogP contribution in [0.25, 0.3) is 0 Å². The van der Waals surface area contributed by atoms with Crippen LogP contribution >= 0.6 is 0 Å². The average Bonchev–Trinajstić information content (AvgIpc) is 2.51. The molecule has 1 rings (SSSR count). The van der Waals surface area contributed by atoms with Crippen LogP contribution in [-0.4, -0.2) is 32.2 Å². The molecule has 25 heavy (non-hydrogen) atoms. The van der Waals surface area contributed by atoms with Crippen molar-refractivity contribution in [1.82, 2.24) is 0 Å². The highest BCUT2D eigenvalue weighted by Crippen LogP contribution is 2.35. The zero-order valence-electron chi connectivity index (χ0n) is 16.0. The summed E-state index contributed by atoms with van der Waals surface area (Å²) in [4.78, 5) is 0. The predicted octanol–water partition coefficient (Wildman–Crippen LogP) is 4.28. The summed E-state index contributed by atoms with van der Waals surface area (Å²) in [5, 5.41) is 10.0. The number of aliphatic hydroxyl groups is 1. The second-order valence-corrected chi connectivity index (χ2v) is 8.25. The van der Waals surface area contributed by atoms with Crippen LogP contribution in [0.5, 0.6) is 0 Å². The highest BCUT2D eigenvalue weighted by atomic mass is 32.3. The zero-order chi connectivity index (χ0) is 18.8. The van der Waals surface area contributed by atoms with Gasteiger partial charge in [0.25, 0.3) is 0 Å². The van der Waals surface area contributed by atoms with E-state index in [1.165, 1.54) is 51.4 Å². The number of unbranched alkanes of at least 4 members (excludes halogenated alkanes) is 7. The topological polar surface area (TPSA) is 82.1 Å². The fourth-order valence-electron chi connectivity index (χ4n) is 3.19. The van der Waals surface area contributed by atoms with Gasteiger partial charge in [0.05, 0.1) is 0 Å². The third-order valence-corrected chi connectivity index (χ3v) is 5.58. The van der Waals surface area contributed by atoms with E-state index >= 15 is 0 Å². The van der Waals surface area contributed by atoms with Gasteiger partial charge in [-0.15, -0.1) is 0 Å². The molecule has 0 aromatic rings. The number of rotatable bonds is 15. The molecule has 0 aromatic carbocycles. The smallest absolute Gasteiger partial charge is 0.370 e. The second-order valence-electron chi connectivity index (χ2n) is 7.10. The fraction of sp³-hybridized carbons (Fsp3) is 1.00. The molecule has 0 aromatic heterocycles. The summed E-state index contributed by atoms with van der Waals surface area (Å²) in [7, 11) is -4.05. The van der Waals surface area contributed by atoms with E-state index in [2.05, 4.69) is 22.2 Å². The van der Waals surface area contributed by atoms with E-state index < -0.39 is 22.5 Å². The van der Waals surface area contributed by atoms with Crippen molar-refractivity contribution in [3.63, 3.8) is 0 Å². The van der Waals surface area contributed by atoms with Crippen molar-refractivity contribution in [1.29, 1.82) is 0 Å². The van der Waals surface area contributed by atoms with E-state index in [0.717, 1.165) is 12.8 Å². The van der Waals surface area contributed by atoms with Gasteiger partial charge in [-0.25, -0.2) is 0 Å². The Kier molecular flexibility index (Phi) is 10.5. The van der Waals surface area contributed by atoms with Crippen LogP contribution in [-0.2, 0) is 23.5 Å². The summed E-state index contributed by atoms with van der Waals surface area (Å²) in [6.45, 7) is 6.55. The largest absolute Gasteiger partial charge is 0.409 e. The van der Waals surface area contributed by atoms with Gasteiger partial charge in [-0.05, 0) is 25.7 Å². The highest BCUT2D eigenvalue weighted by molar-refractivity contribution is 7.82. The zero-order valence-corrected chi connectivity index (χ0v) is 16.9. The molecule has 1 heterocycles. The molecule has 150 valence electrons. The van der Waals surface area contributed by atoms with Crippen molar-refractivity contribution in [3.8, 4) is 0 Å². The molecule has 1 aliphatic rings. The molecule has 2 unspecified atom stereocenters. The van der Waals surface area contributed by atoms with Gasteiger partial charge in [0.15, 0.2) is 0 Å². The van der Waals surface area contributed by atoms with Crippen molar-refractivity contribution in [3.05, 3.63) is 0 Å². The van der Waals surface area contributed by atoms with E-state index in [4.69, 9.17) is 4.74 Å². The van der Waals surface area contributed by atoms with Gasteiger partial charge in [0.2, 0.25) is 0 Å². The Morgan fingerprint density at radius 2 is 1.48 bits per heavy atom. The maximum atomic E-state index is 11.0. The van der Waals surface area contributed by atoms with Crippen molar-refractivity contribution in [2.45, 2.75) is 103 Å². The Labute approximate surface area is 153 Å². The second kappa shape index (κ2) is 11.5. The van der Waals surface area contributed by atoms with Gasteiger partial charge in [0.1, 0.15) is 6.10 Å². The lowest BCUT2D eigenvalue weighted by molar-refractivity contribution is -0.373. The van der Waals surface area contributed by atoms with Gasteiger partial charge in [-0.1, -0.05) is 71.6 Å². The first kappa shape index (κ1) is 22.8. The van der Waals surface area contributed by atoms with Crippen molar-refractivity contribution in [2.75, 3.05) is 6.61 Å². The molecule has 1 saturated heterocycles. The van der Waals surface area contributed by atoms with E-state index in [0.29, 0.717) is 18.9 Å². The average molecular weight is 381 g/mol. The van der Waals surface area contributed by atoms with Crippen LogP contribution in [0.4, 0.5) is 0 Å². The minimum absolute atomic E-state index is 0.353. The molecule has 1 N–H and O–H groups in total. The Hall–Kier alpha value is -0.210. The molecule has 0 radical (unpaired) electrons. The number of hydrogen-bond acceptors (Lipinski definition) is 6.